The molecule has 13 heteroatoms. The minimum atomic E-state index is -3.96. The molecule has 0 unspecified atom stereocenters. The fourth-order valence-electron chi connectivity index (χ4n) is 3.55. The number of hydrogen-bond acceptors (Lipinski definition) is 9. The van der Waals surface area contributed by atoms with E-state index in [0.29, 0.717) is 35.1 Å². The molecule has 3 N–H and O–H groups in total. The molecular weight excluding hydrogens is 512 g/mol. The Labute approximate surface area is 217 Å². The van der Waals surface area contributed by atoms with Gasteiger partial charge in [0.2, 0.25) is 11.8 Å². The number of aromatic amines is 1. The first kappa shape index (κ1) is 26.3. The molecule has 0 amide bonds. The van der Waals surface area contributed by atoms with E-state index in [1.807, 2.05) is 6.92 Å². The Kier molecular flexibility index (Phi) is 7.39. The van der Waals surface area contributed by atoms with E-state index in [1.54, 1.807) is 44.2 Å². The minimum absolute atomic E-state index is 0.0399. The summed E-state index contributed by atoms with van der Waals surface area (Å²) < 4.78 is 34.1. The van der Waals surface area contributed by atoms with Gasteiger partial charge in [-0.3, -0.25) is 14.8 Å². The van der Waals surface area contributed by atoms with E-state index in [-0.39, 0.29) is 16.4 Å². The number of nitrogens with one attached hydrogen (secondary N) is 2. The first-order valence-electron chi connectivity index (χ1n) is 11.4. The van der Waals surface area contributed by atoms with Crippen molar-refractivity contribution in [1.82, 2.24) is 19.5 Å². The maximum Gasteiger partial charge on any atom is 0.335 e. The van der Waals surface area contributed by atoms with Crippen LogP contribution >= 0.6 is 0 Å². The van der Waals surface area contributed by atoms with E-state index in [9.17, 15) is 23.1 Å². The topological polar surface area (TPSA) is 169 Å². The highest BCUT2D eigenvalue weighted by atomic mass is 32.2. The molecule has 2 aromatic carbocycles. The van der Waals surface area contributed by atoms with Crippen molar-refractivity contribution in [1.29, 1.82) is 0 Å². The van der Waals surface area contributed by atoms with Crippen LogP contribution in [0, 0.1) is 13.8 Å². The maximum atomic E-state index is 12.7. The molecule has 0 aliphatic heterocycles. The van der Waals surface area contributed by atoms with Crippen molar-refractivity contribution >= 4 is 27.9 Å². The van der Waals surface area contributed by atoms with Gasteiger partial charge in [-0.05, 0) is 75.4 Å². The van der Waals surface area contributed by atoms with Crippen LogP contribution in [0.2, 0.25) is 0 Å². The van der Waals surface area contributed by atoms with Gasteiger partial charge in [-0.1, -0.05) is 0 Å². The molecule has 0 saturated carbocycles. The zero-order valence-electron chi connectivity index (χ0n) is 20.7. The van der Waals surface area contributed by atoms with Crippen LogP contribution in [0.4, 0.5) is 11.6 Å². The van der Waals surface area contributed by atoms with E-state index in [0.717, 1.165) is 10.8 Å². The molecule has 0 fully saturated rings. The Balaban J connectivity index is 1.59. The highest BCUT2D eigenvalue weighted by Gasteiger charge is 2.17. The van der Waals surface area contributed by atoms with E-state index in [2.05, 4.69) is 24.7 Å². The summed E-state index contributed by atoms with van der Waals surface area (Å²) in [5.41, 5.74) is -0.0948. The van der Waals surface area contributed by atoms with Crippen LogP contribution in [-0.2, 0) is 10.0 Å². The van der Waals surface area contributed by atoms with Crippen LogP contribution in [0.5, 0.6) is 11.6 Å². The van der Waals surface area contributed by atoms with Gasteiger partial charge in [-0.25, -0.2) is 32.5 Å². The van der Waals surface area contributed by atoms with E-state index in [1.165, 1.54) is 24.3 Å². The third kappa shape index (κ3) is 5.78. The lowest BCUT2D eigenvalue weighted by atomic mass is 10.2. The Hall–Kier alpha value is -4.78. The quantitative estimate of drug-likeness (QED) is 0.289. The summed E-state index contributed by atoms with van der Waals surface area (Å²) in [6.07, 6.45) is 1.09. The molecule has 0 aliphatic rings. The van der Waals surface area contributed by atoms with Gasteiger partial charge < -0.3 is 9.84 Å². The molecule has 0 saturated heterocycles. The second kappa shape index (κ2) is 10.7. The van der Waals surface area contributed by atoms with Gasteiger partial charge in [-0.2, -0.15) is 0 Å². The van der Waals surface area contributed by atoms with Gasteiger partial charge >= 0.3 is 5.69 Å². The molecule has 0 bridgehead atoms. The van der Waals surface area contributed by atoms with Crippen molar-refractivity contribution in [3.8, 4) is 17.3 Å². The number of H-pyrrole nitrogens is 1. The molecule has 38 heavy (non-hydrogen) atoms. The highest BCUT2D eigenvalue weighted by Crippen LogP contribution is 2.21. The normalized spacial score (nSPS) is 11.6. The number of aliphatic imine (C=N–C) groups is 1. The molecule has 2 aromatic heterocycles. The molecule has 0 atom stereocenters. The van der Waals surface area contributed by atoms with Crippen molar-refractivity contribution in [2.45, 2.75) is 25.7 Å². The smallest absolute Gasteiger partial charge is 0.335 e. The maximum absolute atomic E-state index is 12.7. The van der Waals surface area contributed by atoms with Gasteiger partial charge in [0, 0.05) is 17.6 Å². The van der Waals surface area contributed by atoms with E-state index in [4.69, 9.17) is 4.74 Å². The molecule has 196 valence electrons. The summed E-state index contributed by atoms with van der Waals surface area (Å²) in [6.45, 7) is 5.76. The van der Waals surface area contributed by atoms with Gasteiger partial charge in [0.1, 0.15) is 11.3 Å². The van der Waals surface area contributed by atoms with Crippen molar-refractivity contribution in [2.75, 3.05) is 11.3 Å². The fourth-order valence-corrected chi connectivity index (χ4v) is 4.50. The molecule has 12 nitrogen and oxygen atoms in total. The van der Waals surface area contributed by atoms with Crippen LogP contribution in [0.3, 0.4) is 0 Å². The van der Waals surface area contributed by atoms with E-state index >= 15 is 0 Å². The third-order valence-electron chi connectivity index (χ3n) is 5.22. The number of sulfonamides is 1. The number of rotatable bonds is 8. The average molecular weight is 537 g/mol. The molecule has 0 spiro atoms. The summed E-state index contributed by atoms with van der Waals surface area (Å²) in [5, 5.41) is 10.7. The Bertz CT molecular complexity index is 1710. The fraction of sp³-hybridized carbons (Fsp3) is 0.160. The number of ether oxygens (including phenoxy) is 1. The lowest BCUT2D eigenvalue weighted by Gasteiger charge is -2.10. The first-order chi connectivity index (χ1) is 18.1. The van der Waals surface area contributed by atoms with Crippen molar-refractivity contribution < 1.29 is 18.3 Å². The number of hydrogen-bond donors (Lipinski definition) is 3. The largest absolute Gasteiger partial charge is 0.494 e. The van der Waals surface area contributed by atoms with Gasteiger partial charge in [0.25, 0.3) is 15.6 Å². The van der Waals surface area contributed by atoms with Crippen LogP contribution < -0.4 is 20.7 Å². The summed E-state index contributed by atoms with van der Waals surface area (Å²) in [5.74, 6) is -0.0670. The average Bonchev–Trinajstić information content (AvgIpc) is 2.84. The third-order valence-corrected chi connectivity index (χ3v) is 6.57. The summed E-state index contributed by atoms with van der Waals surface area (Å²) in [6, 6.07) is 13.6. The summed E-state index contributed by atoms with van der Waals surface area (Å²) >= 11 is 0. The number of benzene rings is 2. The number of aryl methyl sites for hydroxylation is 2. The molecule has 2 heterocycles. The molecule has 4 rings (SSSR count). The number of anilines is 1. The van der Waals surface area contributed by atoms with Crippen molar-refractivity contribution in [2.24, 2.45) is 4.99 Å². The van der Waals surface area contributed by atoms with Crippen LogP contribution in [0.25, 0.3) is 5.69 Å². The zero-order chi connectivity index (χ0) is 27.4. The monoisotopic (exact) mass is 536 g/mol. The zero-order valence-corrected chi connectivity index (χ0v) is 21.5. The van der Waals surface area contributed by atoms with Gasteiger partial charge in [0.15, 0.2) is 0 Å². The second-order valence-electron chi connectivity index (χ2n) is 8.09. The number of aromatic nitrogens is 4. The molecule has 4 aromatic rings. The number of nitrogens with zero attached hydrogens (tertiary/aromatic N) is 4. The first-order valence-corrected chi connectivity index (χ1v) is 12.9. The SMILES string of the molecule is CCOc1ccc(-n2c(O)c(C=Nc3ccc(S(=O)(=O)Nc4nc(C)cc(C)n4)cc3)c(=O)[nH]c2=O)cc1. The van der Waals surface area contributed by atoms with Gasteiger partial charge in [-0.15, -0.1) is 0 Å². The summed E-state index contributed by atoms with van der Waals surface area (Å²) in [4.78, 5) is 39.2. The summed E-state index contributed by atoms with van der Waals surface area (Å²) in [7, 11) is -3.96. The predicted molar refractivity (Wildman–Crippen MR) is 142 cm³/mol. The Morgan fingerprint density at radius 2 is 1.68 bits per heavy atom. The van der Waals surface area contributed by atoms with Crippen LogP contribution in [0.1, 0.15) is 23.9 Å². The minimum Gasteiger partial charge on any atom is -0.494 e. The van der Waals surface area contributed by atoms with Gasteiger partial charge in [0.05, 0.1) is 22.9 Å². The second-order valence-corrected chi connectivity index (χ2v) is 9.77. The Morgan fingerprint density at radius 1 is 1.05 bits per heavy atom. The molecule has 0 aliphatic carbocycles. The van der Waals surface area contributed by atoms with Crippen molar-refractivity contribution in [3.63, 3.8) is 0 Å². The molecular formula is C25H24N6O6S. The predicted octanol–water partition coefficient (Wildman–Crippen LogP) is 2.59. The van der Waals surface area contributed by atoms with Crippen molar-refractivity contribution in [3.05, 3.63) is 92.4 Å². The highest BCUT2D eigenvalue weighted by molar-refractivity contribution is 7.92. The standard InChI is InChI=1S/C25H24N6O6S/c1-4-37-19-9-7-18(8-10-19)31-23(33)21(22(32)29-25(31)34)14-26-17-5-11-20(12-6-17)38(35,36)30-24-27-15(2)13-16(3)28-24/h5-14,33H,4H2,1-3H3,(H,27,28,30)(H,29,32,34). The van der Waals surface area contributed by atoms with Crippen LogP contribution in [-0.4, -0.2) is 45.9 Å². The van der Waals surface area contributed by atoms with E-state index < -0.39 is 27.2 Å². The Morgan fingerprint density at radius 3 is 2.29 bits per heavy atom. The lowest BCUT2D eigenvalue weighted by molar-refractivity contribution is 0.340. The molecule has 0 radical (unpaired) electrons. The number of aromatic hydroxyl groups is 1. The van der Waals surface area contributed by atoms with Crippen LogP contribution in [0.15, 0.2) is 74.1 Å². The lowest BCUT2D eigenvalue weighted by Crippen LogP contribution is -2.31.